The van der Waals surface area contributed by atoms with Gasteiger partial charge in [-0.05, 0) is 37.5 Å². The molecule has 0 bridgehead atoms. The molecule has 1 aromatic carbocycles. The second-order valence-corrected chi connectivity index (χ2v) is 5.44. The summed E-state index contributed by atoms with van der Waals surface area (Å²) in [6.07, 6.45) is 3.17. The fourth-order valence-electron chi connectivity index (χ4n) is 2.66. The monoisotopic (exact) mass is 278 g/mol. The topological polar surface area (TPSA) is 74.6 Å². The van der Waals surface area contributed by atoms with Crippen molar-refractivity contribution in [2.45, 2.75) is 25.2 Å². The summed E-state index contributed by atoms with van der Waals surface area (Å²) in [5.74, 6) is -2.77. The first kappa shape index (κ1) is 14.2. The van der Waals surface area contributed by atoms with Crippen LogP contribution in [0.1, 0.15) is 25.3 Å². The summed E-state index contributed by atoms with van der Waals surface area (Å²) in [5.41, 5.74) is -2.43. The van der Waals surface area contributed by atoms with Crippen molar-refractivity contribution in [1.82, 2.24) is 0 Å². The number of carbonyl (C=O) groups is 2. The normalized spacial score (nSPS) is 29.1. The first-order chi connectivity index (χ1) is 9.30. The minimum Gasteiger partial charge on any atom is -0.481 e. The quantitative estimate of drug-likeness (QED) is 0.833. The van der Waals surface area contributed by atoms with Crippen molar-refractivity contribution >= 4 is 11.9 Å². The molecule has 2 rings (SSSR count). The summed E-state index contributed by atoms with van der Waals surface area (Å²) in [4.78, 5) is 23.1. The van der Waals surface area contributed by atoms with Crippen LogP contribution < -0.4 is 0 Å². The number of benzene rings is 1. The molecule has 2 atom stereocenters. The van der Waals surface area contributed by atoms with Crippen LogP contribution in [0.3, 0.4) is 0 Å². The molecule has 2 unspecified atom stereocenters. The summed E-state index contributed by atoms with van der Waals surface area (Å²) >= 11 is 0. The Bertz CT molecular complexity index is 595. The largest absolute Gasteiger partial charge is 0.481 e. The van der Waals surface area contributed by atoms with E-state index in [9.17, 15) is 24.2 Å². The van der Waals surface area contributed by atoms with Crippen LogP contribution in [0.15, 0.2) is 36.4 Å². The van der Waals surface area contributed by atoms with Gasteiger partial charge in [-0.25, -0.2) is 4.39 Å². The molecule has 1 aliphatic carbocycles. The van der Waals surface area contributed by atoms with Crippen molar-refractivity contribution in [3.8, 4) is 0 Å². The lowest BCUT2D eigenvalue weighted by Gasteiger charge is -2.38. The molecule has 0 aliphatic heterocycles. The van der Waals surface area contributed by atoms with Crippen LogP contribution in [-0.2, 0) is 15.0 Å². The summed E-state index contributed by atoms with van der Waals surface area (Å²) in [7, 11) is 0. The fourth-order valence-corrected chi connectivity index (χ4v) is 2.66. The molecule has 1 aromatic rings. The molecule has 0 fully saturated rings. The standard InChI is InChI=1S/C15H15FO4/c1-14(12(17)18)6-3-7-15(9-14,13(19)20)10-4-2-5-11(16)8-10/h2-5,7-8H,6,9H2,1H3,(H,17,18)(H,19,20). The Morgan fingerprint density at radius 3 is 2.50 bits per heavy atom. The molecule has 0 amide bonds. The van der Waals surface area contributed by atoms with Crippen LogP contribution in [0.2, 0.25) is 0 Å². The second kappa shape index (κ2) is 4.74. The van der Waals surface area contributed by atoms with Crippen molar-refractivity contribution in [3.63, 3.8) is 0 Å². The van der Waals surface area contributed by atoms with Gasteiger partial charge in [-0.2, -0.15) is 0 Å². The lowest BCUT2D eigenvalue weighted by atomic mass is 9.63. The van der Waals surface area contributed by atoms with Crippen LogP contribution in [0.4, 0.5) is 4.39 Å². The highest BCUT2D eigenvalue weighted by Gasteiger charge is 2.49. The highest BCUT2D eigenvalue weighted by atomic mass is 19.1. The highest BCUT2D eigenvalue weighted by Crippen LogP contribution is 2.45. The van der Waals surface area contributed by atoms with E-state index in [0.29, 0.717) is 0 Å². The number of aliphatic carboxylic acids is 2. The first-order valence-corrected chi connectivity index (χ1v) is 6.21. The lowest BCUT2D eigenvalue weighted by molar-refractivity contribution is -0.152. The first-order valence-electron chi connectivity index (χ1n) is 6.21. The number of hydrogen-bond donors (Lipinski definition) is 2. The number of halogens is 1. The smallest absolute Gasteiger partial charge is 0.318 e. The number of allylic oxidation sites excluding steroid dienone is 1. The lowest BCUT2D eigenvalue weighted by Crippen LogP contribution is -2.44. The van der Waals surface area contributed by atoms with Crippen LogP contribution in [-0.4, -0.2) is 22.2 Å². The van der Waals surface area contributed by atoms with Crippen molar-refractivity contribution in [3.05, 3.63) is 47.8 Å². The molecular weight excluding hydrogens is 263 g/mol. The van der Waals surface area contributed by atoms with Gasteiger partial charge in [-0.3, -0.25) is 9.59 Å². The van der Waals surface area contributed by atoms with Crippen LogP contribution in [0, 0.1) is 11.2 Å². The molecule has 0 saturated heterocycles. The Balaban J connectivity index is 2.57. The minimum atomic E-state index is -1.51. The third-order valence-electron chi connectivity index (χ3n) is 3.88. The average molecular weight is 278 g/mol. The number of hydrogen-bond acceptors (Lipinski definition) is 2. The van der Waals surface area contributed by atoms with E-state index in [1.807, 2.05) is 0 Å². The molecule has 0 heterocycles. The van der Waals surface area contributed by atoms with Gasteiger partial charge in [0.15, 0.2) is 0 Å². The van der Waals surface area contributed by atoms with Crippen LogP contribution in [0.5, 0.6) is 0 Å². The average Bonchev–Trinajstić information content (AvgIpc) is 2.38. The maximum absolute atomic E-state index is 13.4. The molecule has 0 spiro atoms. The Kier molecular flexibility index (Phi) is 3.38. The Morgan fingerprint density at radius 1 is 1.25 bits per heavy atom. The van der Waals surface area contributed by atoms with Gasteiger partial charge in [0.1, 0.15) is 11.2 Å². The number of carboxylic acids is 2. The SMILES string of the molecule is CC1(C(=O)O)CC=CC(C(=O)O)(c2cccc(F)c2)C1. The zero-order chi connectivity index (χ0) is 15.0. The van der Waals surface area contributed by atoms with Crippen molar-refractivity contribution < 1.29 is 24.2 Å². The van der Waals surface area contributed by atoms with E-state index in [2.05, 4.69) is 0 Å². The summed E-state index contributed by atoms with van der Waals surface area (Å²) in [6.45, 7) is 1.51. The van der Waals surface area contributed by atoms with Gasteiger partial charge >= 0.3 is 11.9 Å². The van der Waals surface area contributed by atoms with Gasteiger partial charge in [0.05, 0.1) is 5.41 Å². The number of rotatable bonds is 3. The van der Waals surface area contributed by atoms with Gasteiger partial charge in [0.25, 0.3) is 0 Å². The van der Waals surface area contributed by atoms with Crippen LogP contribution >= 0.6 is 0 Å². The highest BCUT2D eigenvalue weighted by molar-refractivity contribution is 5.86. The fraction of sp³-hybridized carbons (Fsp3) is 0.333. The third kappa shape index (κ3) is 2.19. The molecule has 0 saturated carbocycles. The van der Waals surface area contributed by atoms with Gasteiger partial charge in [-0.15, -0.1) is 0 Å². The molecular formula is C15H15FO4. The molecule has 1 aliphatic rings. The molecule has 106 valence electrons. The Labute approximate surface area is 115 Å². The van der Waals surface area contributed by atoms with Crippen molar-refractivity contribution in [1.29, 1.82) is 0 Å². The van der Waals surface area contributed by atoms with E-state index in [1.165, 1.54) is 31.2 Å². The predicted molar refractivity (Wildman–Crippen MR) is 69.8 cm³/mol. The van der Waals surface area contributed by atoms with E-state index in [1.54, 1.807) is 6.08 Å². The van der Waals surface area contributed by atoms with Gasteiger partial charge in [0.2, 0.25) is 0 Å². The van der Waals surface area contributed by atoms with E-state index in [-0.39, 0.29) is 18.4 Å². The van der Waals surface area contributed by atoms with E-state index >= 15 is 0 Å². The van der Waals surface area contributed by atoms with E-state index in [4.69, 9.17) is 0 Å². The maximum Gasteiger partial charge on any atom is 0.318 e. The molecule has 2 N–H and O–H groups in total. The molecule has 4 nitrogen and oxygen atoms in total. The van der Waals surface area contributed by atoms with E-state index < -0.39 is 28.6 Å². The van der Waals surface area contributed by atoms with Crippen molar-refractivity contribution in [2.75, 3.05) is 0 Å². The molecule has 20 heavy (non-hydrogen) atoms. The maximum atomic E-state index is 13.4. The summed E-state index contributed by atoms with van der Waals surface area (Å²) in [6, 6.07) is 5.30. The van der Waals surface area contributed by atoms with Gasteiger partial charge < -0.3 is 10.2 Å². The minimum absolute atomic E-state index is 0.107. The van der Waals surface area contributed by atoms with Crippen molar-refractivity contribution in [2.24, 2.45) is 5.41 Å². The summed E-state index contributed by atoms with van der Waals surface area (Å²) < 4.78 is 13.4. The third-order valence-corrected chi connectivity index (χ3v) is 3.88. The van der Waals surface area contributed by atoms with Gasteiger partial charge in [-0.1, -0.05) is 24.3 Å². The Morgan fingerprint density at radius 2 is 1.95 bits per heavy atom. The second-order valence-electron chi connectivity index (χ2n) is 5.44. The van der Waals surface area contributed by atoms with Gasteiger partial charge in [0, 0.05) is 0 Å². The predicted octanol–water partition coefficient (Wildman–Crippen LogP) is 2.59. The number of carboxylic acid groups (broad SMARTS) is 2. The Hall–Kier alpha value is -2.17. The van der Waals surface area contributed by atoms with Crippen LogP contribution in [0.25, 0.3) is 0 Å². The zero-order valence-electron chi connectivity index (χ0n) is 11.0. The zero-order valence-corrected chi connectivity index (χ0v) is 11.0. The summed E-state index contributed by atoms with van der Waals surface area (Å²) in [5, 5.41) is 18.9. The molecule has 0 radical (unpaired) electrons. The molecule has 0 aromatic heterocycles. The van der Waals surface area contributed by atoms with E-state index in [0.717, 1.165) is 6.07 Å². The molecule has 5 heteroatoms.